The van der Waals surface area contributed by atoms with Gasteiger partial charge in [-0.3, -0.25) is 4.98 Å². The third-order valence-corrected chi connectivity index (χ3v) is 3.07. The van der Waals surface area contributed by atoms with Crippen molar-refractivity contribution in [2.45, 2.75) is 17.0 Å². The molecule has 2 rings (SSSR count). The molecule has 0 atom stereocenters. The van der Waals surface area contributed by atoms with Crippen LogP contribution in [0.1, 0.15) is 16.1 Å². The highest BCUT2D eigenvalue weighted by molar-refractivity contribution is 7.99. The van der Waals surface area contributed by atoms with E-state index in [1.54, 1.807) is 18.5 Å². The summed E-state index contributed by atoms with van der Waals surface area (Å²) in [6, 6.07) is 3.17. The number of hydrogen-bond donors (Lipinski definition) is 1. The molecule has 2 heterocycles. The van der Waals surface area contributed by atoms with Gasteiger partial charge in [-0.15, -0.1) is 0 Å². The van der Waals surface area contributed by atoms with E-state index in [1.165, 1.54) is 24.0 Å². The van der Waals surface area contributed by atoms with Gasteiger partial charge in [-0.1, -0.05) is 0 Å². The van der Waals surface area contributed by atoms with Crippen LogP contribution in [0.4, 0.5) is 0 Å². The Labute approximate surface area is 102 Å². The molecule has 0 saturated heterocycles. The molecule has 0 amide bonds. The number of carboxylic acid groups (broad SMARTS) is 1. The monoisotopic (exact) mass is 247 g/mol. The maximum Gasteiger partial charge on any atom is 0.337 e. The van der Waals surface area contributed by atoms with E-state index < -0.39 is 5.97 Å². The summed E-state index contributed by atoms with van der Waals surface area (Å²) in [5, 5.41) is 10.2. The van der Waals surface area contributed by atoms with Gasteiger partial charge >= 0.3 is 5.97 Å². The fraction of sp³-hybridized carbons (Fsp3) is 0.0909. The Bertz CT molecular complexity index is 543. The first-order valence-corrected chi connectivity index (χ1v) is 5.63. The molecule has 6 heteroatoms. The summed E-state index contributed by atoms with van der Waals surface area (Å²) in [6.45, 7) is 1.86. The highest BCUT2D eigenvalue weighted by Gasteiger charge is 2.06. The van der Waals surface area contributed by atoms with E-state index in [0.717, 1.165) is 10.7 Å². The van der Waals surface area contributed by atoms with Gasteiger partial charge < -0.3 is 5.11 Å². The zero-order chi connectivity index (χ0) is 12.3. The van der Waals surface area contributed by atoms with E-state index in [-0.39, 0.29) is 5.56 Å². The first kappa shape index (κ1) is 11.5. The molecule has 0 bridgehead atoms. The Hall–Kier alpha value is -1.95. The predicted octanol–water partition coefficient (Wildman–Crippen LogP) is 2.03. The lowest BCUT2D eigenvalue weighted by Gasteiger charge is -2.02. The number of hydrogen-bond acceptors (Lipinski definition) is 5. The highest BCUT2D eigenvalue weighted by Crippen LogP contribution is 2.25. The number of carbonyl (C=O) groups is 1. The van der Waals surface area contributed by atoms with Crippen molar-refractivity contribution in [2.24, 2.45) is 0 Å². The van der Waals surface area contributed by atoms with Gasteiger partial charge in [0.15, 0.2) is 0 Å². The smallest absolute Gasteiger partial charge is 0.337 e. The van der Waals surface area contributed by atoms with Crippen molar-refractivity contribution in [3.05, 3.63) is 42.0 Å². The second-order valence-corrected chi connectivity index (χ2v) is 4.25. The van der Waals surface area contributed by atoms with Crippen LogP contribution >= 0.6 is 11.8 Å². The Balaban J connectivity index is 2.20. The number of pyridine rings is 1. The van der Waals surface area contributed by atoms with Crippen LogP contribution in [-0.2, 0) is 0 Å². The standard InChI is InChI=1S/C11H9N3O2S/c1-7-10(13-5-4-12-7)17-9-3-2-8(6-14-9)11(15)16/h2-6H,1H3,(H,15,16). The van der Waals surface area contributed by atoms with Crippen LogP contribution in [0.2, 0.25) is 0 Å². The zero-order valence-corrected chi connectivity index (χ0v) is 9.81. The lowest BCUT2D eigenvalue weighted by atomic mass is 10.3. The predicted molar refractivity (Wildman–Crippen MR) is 62.1 cm³/mol. The fourth-order valence-corrected chi connectivity index (χ4v) is 1.91. The molecule has 0 aliphatic heterocycles. The summed E-state index contributed by atoms with van der Waals surface area (Å²) < 4.78 is 0. The second kappa shape index (κ2) is 4.92. The molecule has 86 valence electrons. The molecule has 2 aromatic heterocycles. The fourth-order valence-electron chi connectivity index (χ4n) is 1.16. The van der Waals surface area contributed by atoms with Crippen LogP contribution in [0.25, 0.3) is 0 Å². The van der Waals surface area contributed by atoms with Gasteiger partial charge in [0.05, 0.1) is 11.3 Å². The van der Waals surface area contributed by atoms with E-state index in [9.17, 15) is 4.79 Å². The van der Waals surface area contributed by atoms with Crippen LogP contribution in [0.15, 0.2) is 40.8 Å². The van der Waals surface area contributed by atoms with Crippen molar-refractivity contribution in [2.75, 3.05) is 0 Å². The van der Waals surface area contributed by atoms with Crippen molar-refractivity contribution in [1.29, 1.82) is 0 Å². The number of aromatic carboxylic acids is 1. The topological polar surface area (TPSA) is 76.0 Å². The number of rotatable bonds is 3. The quantitative estimate of drug-likeness (QED) is 0.894. The molecule has 2 aromatic rings. The molecule has 0 radical (unpaired) electrons. The molecule has 17 heavy (non-hydrogen) atoms. The zero-order valence-electron chi connectivity index (χ0n) is 8.99. The van der Waals surface area contributed by atoms with E-state index >= 15 is 0 Å². The number of nitrogens with zero attached hydrogens (tertiary/aromatic N) is 3. The summed E-state index contributed by atoms with van der Waals surface area (Å²) in [5.41, 5.74) is 0.992. The summed E-state index contributed by atoms with van der Waals surface area (Å²) in [4.78, 5) is 23.0. The second-order valence-electron chi connectivity index (χ2n) is 3.24. The summed E-state index contributed by atoms with van der Waals surface area (Å²) in [7, 11) is 0. The van der Waals surface area contributed by atoms with Gasteiger partial charge in [0, 0.05) is 18.6 Å². The Morgan fingerprint density at radius 3 is 2.59 bits per heavy atom. The third kappa shape index (κ3) is 2.79. The molecule has 0 saturated carbocycles. The summed E-state index contributed by atoms with van der Waals surface area (Å²) in [5.74, 6) is -0.982. The first-order valence-electron chi connectivity index (χ1n) is 4.81. The molecule has 0 unspecified atom stereocenters. The number of carboxylic acids is 1. The first-order chi connectivity index (χ1) is 8.16. The maximum absolute atomic E-state index is 10.7. The van der Waals surface area contributed by atoms with Crippen LogP contribution in [0.3, 0.4) is 0 Å². The van der Waals surface area contributed by atoms with Gasteiger partial charge in [0.1, 0.15) is 10.1 Å². The average Bonchev–Trinajstić information content (AvgIpc) is 2.33. The number of aryl methyl sites for hydroxylation is 1. The lowest BCUT2D eigenvalue weighted by molar-refractivity contribution is 0.0696. The third-order valence-electron chi connectivity index (χ3n) is 2.02. The maximum atomic E-state index is 10.7. The molecule has 0 aliphatic carbocycles. The minimum absolute atomic E-state index is 0.171. The molecule has 5 nitrogen and oxygen atoms in total. The van der Waals surface area contributed by atoms with Crippen LogP contribution < -0.4 is 0 Å². The van der Waals surface area contributed by atoms with Crippen LogP contribution in [-0.4, -0.2) is 26.0 Å². The summed E-state index contributed by atoms with van der Waals surface area (Å²) >= 11 is 1.36. The van der Waals surface area contributed by atoms with Crippen molar-refractivity contribution < 1.29 is 9.90 Å². The summed E-state index contributed by atoms with van der Waals surface area (Å²) in [6.07, 6.45) is 4.57. The van der Waals surface area contributed by atoms with E-state index in [2.05, 4.69) is 15.0 Å². The Kier molecular flexibility index (Phi) is 3.34. The van der Waals surface area contributed by atoms with Gasteiger partial charge in [0.2, 0.25) is 0 Å². The molecule has 0 aromatic carbocycles. The molecule has 0 aliphatic rings. The Morgan fingerprint density at radius 1 is 1.24 bits per heavy atom. The minimum atomic E-state index is -0.982. The van der Waals surface area contributed by atoms with Gasteiger partial charge in [0.25, 0.3) is 0 Å². The van der Waals surface area contributed by atoms with Crippen LogP contribution in [0, 0.1) is 6.92 Å². The lowest BCUT2D eigenvalue weighted by Crippen LogP contribution is -1.97. The number of aromatic nitrogens is 3. The molecule has 1 N–H and O–H groups in total. The average molecular weight is 247 g/mol. The van der Waals surface area contributed by atoms with Crippen molar-refractivity contribution in [1.82, 2.24) is 15.0 Å². The van der Waals surface area contributed by atoms with Gasteiger partial charge in [-0.2, -0.15) is 0 Å². The van der Waals surface area contributed by atoms with E-state index in [4.69, 9.17) is 5.11 Å². The molecular formula is C11H9N3O2S. The van der Waals surface area contributed by atoms with Gasteiger partial charge in [-0.25, -0.2) is 14.8 Å². The van der Waals surface area contributed by atoms with Crippen molar-refractivity contribution >= 4 is 17.7 Å². The van der Waals surface area contributed by atoms with E-state index in [0.29, 0.717) is 5.03 Å². The normalized spacial score (nSPS) is 10.2. The minimum Gasteiger partial charge on any atom is -0.478 e. The van der Waals surface area contributed by atoms with E-state index in [1.807, 2.05) is 6.92 Å². The SMILES string of the molecule is Cc1nccnc1Sc1ccc(C(=O)O)cn1. The highest BCUT2D eigenvalue weighted by atomic mass is 32.2. The van der Waals surface area contributed by atoms with Crippen molar-refractivity contribution in [3.8, 4) is 0 Å². The molecule has 0 spiro atoms. The largest absolute Gasteiger partial charge is 0.478 e. The molecular weight excluding hydrogens is 238 g/mol. The molecule has 0 fully saturated rings. The van der Waals surface area contributed by atoms with Crippen LogP contribution in [0.5, 0.6) is 0 Å². The van der Waals surface area contributed by atoms with Crippen molar-refractivity contribution in [3.63, 3.8) is 0 Å². The van der Waals surface area contributed by atoms with Gasteiger partial charge in [-0.05, 0) is 30.8 Å². The Morgan fingerprint density at radius 2 is 2.00 bits per heavy atom.